The van der Waals surface area contributed by atoms with Gasteiger partial charge in [0.15, 0.2) is 11.9 Å². The molecule has 0 aliphatic carbocycles. The number of nitrogens with zero attached hydrogens (tertiary/aromatic N) is 1. The largest absolute Gasteiger partial charge is 0.478 e. The Morgan fingerprint density at radius 2 is 2.08 bits per heavy atom. The van der Waals surface area contributed by atoms with Gasteiger partial charge in [0.05, 0.1) is 11.6 Å². The molecular weight excluding hydrogens is 344 g/mol. The zero-order valence-electron chi connectivity index (χ0n) is 14.7. The Kier molecular flexibility index (Phi) is 6.42. The molecule has 0 fully saturated rings. The van der Waals surface area contributed by atoms with Crippen molar-refractivity contribution in [3.63, 3.8) is 0 Å². The van der Waals surface area contributed by atoms with E-state index in [1.165, 1.54) is 4.90 Å². The van der Waals surface area contributed by atoms with Crippen molar-refractivity contribution in [2.24, 2.45) is 5.92 Å². The lowest BCUT2D eigenvalue weighted by Crippen LogP contribution is -2.51. The van der Waals surface area contributed by atoms with E-state index in [2.05, 4.69) is 5.32 Å². The van der Waals surface area contributed by atoms with Gasteiger partial charge in [0.1, 0.15) is 12.3 Å². The fraction of sp³-hybridized carbons (Fsp3) is 0.500. The van der Waals surface area contributed by atoms with Crippen molar-refractivity contribution in [1.82, 2.24) is 5.32 Å². The molecule has 0 spiro atoms. The molecule has 0 saturated heterocycles. The fourth-order valence-electron chi connectivity index (χ4n) is 2.59. The molecule has 1 aliphatic heterocycles. The molecule has 0 bridgehead atoms. The SMILES string of the molecule is CCCNC(=O)CN1C(=O)C(C(C)C)Oc2ccc(C(=O)CCl)cc21. The smallest absolute Gasteiger partial charge is 0.268 e. The Morgan fingerprint density at radius 1 is 1.36 bits per heavy atom. The molecule has 0 saturated carbocycles. The van der Waals surface area contributed by atoms with Crippen molar-refractivity contribution in [3.8, 4) is 5.75 Å². The number of alkyl halides is 1. The lowest BCUT2D eigenvalue weighted by Gasteiger charge is -2.35. The second-order valence-electron chi connectivity index (χ2n) is 6.30. The Bertz CT molecular complexity index is 675. The second kappa shape index (κ2) is 8.34. The molecule has 1 aromatic carbocycles. The Labute approximate surface area is 152 Å². The molecule has 1 aliphatic rings. The van der Waals surface area contributed by atoms with Crippen LogP contribution in [0.1, 0.15) is 37.6 Å². The predicted molar refractivity (Wildman–Crippen MR) is 96.4 cm³/mol. The summed E-state index contributed by atoms with van der Waals surface area (Å²) in [6, 6.07) is 4.82. The van der Waals surface area contributed by atoms with Crippen LogP contribution in [0.2, 0.25) is 0 Å². The lowest BCUT2D eigenvalue weighted by atomic mass is 10.0. The topological polar surface area (TPSA) is 75.7 Å². The summed E-state index contributed by atoms with van der Waals surface area (Å²) in [5.41, 5.74) is 0.802. The molecule has 1 aromatic rings. The average molecular weight is 367 g/mol. The van der Waals surface area contributed by atoms with E-state index in [0.29, 0.717) is 23.5 Å². The predicted octanol–water partition coefficient (Wildman–Crippen LogP) is 2.38. The van der Waals surface area contributed by atoms with Gasteiger partial charge in [-0.2, -0.15) is 0 Å². The van der Waals surface area contributed by atoms with E-state index in [4.69, 9.17) is 16.3 Å². The summed E-state index contributed by atoms with van der Waals surface area (Å²) in [4.78, 5) is 38.2. The van der Waals surface area contributed by atoms with Crippen LogP contribution in [0.5, 0.6) is 5.75 Å². The maximum absolute atomic E-state index is 12.8. The number of benzene rings is 1. The van der Waals surface area contributed by atoms with Crippen LogP contribution >= 0.6 is 11.6 Å². The first-order valence-electron chi connectivity index (χ1n) is 8.37. The highest BCUT2D eigenvalue weighted by molar-refractivity contribution is 6.30. The third kappa shape index (κ3) is 4.31. The molecule has 136 valence electrons. The van der Waals surface area contributed by atoms with E-state index < -0.39 is 6.10 Å². The standard InChI is InChI=1S/C18H23ClN2O4/c1-4-7-20-16(23)10-21-13-8-12(14(22)9-19)5-6-15(13)25-17(11(2)3)18(21)24/h5-6,8,11,17H,4,7,9-10H2,1-3H3,(H,20,23). The minimum absolute atomic E-state index is 0.0500. The van der Waals surface area contributed by atoms with Crippen LogP contribution in [0.25, 0.3) is 0 Å². The van der Waals surface area contributed by atoms with Crippen molar-refractivity contribution in [2.45, 2.75) is 33.3 Å². The first kappa shape index (κ1) is 19.2. The molecule has 0 aromatic heterocycles. The summed E-state index contributed by atoms with van der Waals surface area (Å²) < 4.78 is 5.80. The van der Waals surface area contributed by atoms with Crippen LogP contribution in [0.3, 0.4) is 0 Å². The number of fused-ring (bicyclic) bond motifs is 1. The first-order chi connectivity index (χ1) is 11.9. The van der Waals surface area contributed by atoms with Crippen LogP contribution in [-0.2, 0) is 9.59 Å². The van der Waals surface area contributed by atoms with E-state index in [1.807, 2.05) is 20.8 Å². The summed E-state index contributed by atoms with van der Waals surface area (Å²) in [5.74, 6) is -0.514. The number of halogens is 1. The molecule has 7 heteroatoms. The Hall–Kier alpha value is -2.08. The highest BCUT2D eigenvalue weighted by atomic mass is 35.5. The van der Waals surface area contributed by atoms with Gasteiger partial charge in [-0.1, -0.05) is 20.8 Å². The van der Waals surface area contributed by atoms with Gasteiger partial charge in [0, 0.05) is 12.1 Å². The second-order valence-corrected chi connectivity index (χ2v) is 6.56. The molecule has 6 nitrogen and oxygen atoms in total. The van der Waals surface area contributed by atoms with Crippen molar-refractivity contribution < 1.29 is 19.1 Å². The molecule has 1 N–H and O–H groups in total. The number of hydrogen-bond donors (Lipinski definition) is 1. The van der Waals surface area contributed by atoms with Gasteiger partial charge in [0.25, 0.3) is 5.91 Å². The first-order valence-corrected chi connectivity index (χ1v) is 8.90. The number of anilines is 1. The molecular formula is C18H23ClN2O4. The van der Waals surface area contributed by atoms with Crippen LogP contribution in [0.4, 0.5) is 5.69 Å². The lowest BCUT2D eigenvalue weighted by molar-refractivity contribution is -0.130. The summed E-state index contributed by atoms with van der Waals surface area (Å²) in [5, 5.41) is 2.76. The van der Waals surface area contributed by atoms with Crippen molar-refractivity contribution in [3.05, 3.63) is 23.8 Å². The quantitative estimate of drug-likeness (QED) is 0.593. The van der Waals surface area contributed by atoms with Gasteiger partial charge in [-0.15, -0.1) is 11.6 Å². The Balaban J connectivity index is 2.38. The number of hydrogen-bond acceptors (Lipinski definition) is 4. The highest BCUT2D eigenvalue weighted by Crippen LogP contribution is 2.36. The summed E-state index contributed by atoms with van der Waals surface area (Å²) in [7, 11) is 0. The molecule has 2 rings (SSSR count). The monoisotopic (exact) mass is 366 g/mol. The number of ketones is 1. The van der Waals surface area contributed by atoms with Gasteiger partial charge in [-0.05, 0) is 30.5 Å². The third-order valence-electron chi connectivity index (χ3n) is 3.94. The number of nitrogens with one attached hydrogen (secondary N) is 1. The summed E-state index contributed by atoms with van der Waals surface area (Å²) in [6.45, 7) is 6.15. The number of ether oxygens (including phenoxy) is 1. The molecule has 25 heavy (non-hydrogen) atoms. The molecule has 0 radical (unpaired) electrons. The van der Waals surface area contributed by atoms with Crippen LogP contribution in [-0.4, -0.2) is 42.7 Å². The summed E-state index contributed by atoms with van der Waals surface area (Å²) in [6.07, 6.45) is 0.142. The van der Waals surface area contributed by atoms with Gasteiger partial charge >= 0.3 is 0 Å². The van der Waals surface area contributed by atoms with Crippen LogP contribution in [0, 0.1) is 5.92 Å². The number of rotatable bonds is 7. The zero-order chi connectivity index (χ0) is 18.6. The van der Waals surface area contributed by atoms with E-state index in [-0.39, 0.29) is 35.9 Å². The van der Waals surface area contributed by atoms with Crippen LogP contribution in [0.15, 0.2) is 18.2 Å². The average Bonchev–Trinajstić information content (AvgIpc) is 2.60. The normalized spacial score (nSPS) is 16.4. The van der Waals surface area contributed by atoms with Gasteiger partial charge < -0.3 is 10.1 Å². The summed E-state index contributed by atoms with van der Waals surface area (Å²) >= 11 is 5.62. The van der Waals surface area contributed by atoms with Crippen molar-refractivity contribution >= 4 is 34.9 Å². The minimum atomic E-state index is -0.666. The molecule has 2 amide bonds. The third-order valence-corrected chi connectivity index (χ3v) is 4.18. The van der Waals surface area contributed by atoms with Gasteiger partial charge in [-0.3, -0.25) is 19.3 Å². The van der Waals surface area contributed by atoms with E-state index in [9.17, 15) is 14.4 Å². The molecule has 1 heterocycles. The number of carbonyl (C=O) groups is 3. The molecule has 1 unspecified atom stereocenters. The number of carbonyl (C=O) groups excluding carboxylic acids is 3. The van der Waals surface area contributed by atoms with Crippen molar-refractivity contribution in [2.75, 3.05) is 23.9 Å². The van der Waals surface area contributed by atoms with Gasteiger partial charge in [0.2, 0.25) is 5.91 Å². The fourth-order valence-corrected chi connectivity index (χ4v) is 2.74. The Morgan fingerprint density at radius 3 is 2.68 bits per heavy atom. The number of amides is 2. The van der Waals surface area contributed by atoms with Gasteiger partial charge in [-0.25, -0.2) is 0 Å². The highest BCUT2D eigenvalue weighted by Gasteiger charge is 2.37. The van der Waals surface area contributed by atoms with E-state index >= 15 is 0 Å². The molecule has 1 atom stereocenters. The van der Waals surface area contributed by atoms with E-state index in [1.54, 1.807) is 18.2 Å². The minimum Gasteiger partial charge on any atom is -0.478 e. The number of Topliss-reactive ketones (excluding diaryl/α,β-unsaturated/α-hetero) is 1. The van der Waals surface area contributed by atoms with Crippen molar-refractivity contribution in [1.29, 1.82) is 0 Å². The van der Waals surface area contributed by atoms with E-state index in [0.717, 1.165) is 6.42 Å². The maximum Gasteiger partial charge on any atom is 0.268 e. The maximum atomic E-state index is 12.8. The van der Waals surface area contributed by atoms with Crippen LogP contribution < -0.4 is 15.0 Å². The zero-order valence-corrected chi connectivity index (χ0v) is 15.4.